The van der Waals surface area contributed by atoms with Crippen LogP contribution in [0.4, 0.5) is 0 Å². The minimum absolute atomic E-state index is 0.120. The number of methoxy groups -OCH3 is 1. The second-order valence-electron chi connectivity index (χ2n) is 12.2. The molecule has 4 aliphatic rings. The van der Waals surface area contributed by atoms with Crippen molar-refractivity contribution in [2.75, 3.05) is 20.0 Å². The minimum Gasteiger partial charge on any atom is -0.390 e. The van der Waals surface area contributed by atoms with Crippen molar-refractivity contribution in [2.45, 2.75) is 88.7 Å². The van der Waals surface area contributed by atoms with Crippen molar-refractivity contribution in [1.29, 1.82) is 0 Å². The van der Waals surface area contributed by atoms with Crippen molar-refractivity contribution in [3.05, 3.63) is 12.4 Å². The van der Waals surface area contributed by atoms with Gasteiger partial charge >= 0.3 is 0 Å². The van der Waals surface area contributed by atoms with Crippen LogP contribution in [0, 0.1) is 40.4 Å². The number of thioether (sulfide) groups is 1. The fourth-order valence-electron chi connectivity index (χ4n) is 9.12. The number of ketones is 1. The summed E-state index contributed by atoms with van der Waals surface area (Å²) in [5.74, 6) is 3.12. The lowest BCUT2D eigenvalue weighted by Crippen LogP contribution is -2.58. The van der Waals surface area contributed by atoms with Gasteiger partial charge in [-0.2, -0.15) is 5.10 Å². The summed E-state index contributed by atoms with van der Waals surface area (Å²) in [6, 6.07) is 0. The molecule has 0 aromatic carbocycles. The van der Waals surface area contributed by atoms with Crippen molar-refractivity contribution < 1.29 is 14.6 Å². The Balaban J connectivity index is 1.36. The van der Waals surface area contributed by atoms with Gasteiger partial charge in [-0.05, 0) is 105 Å². The molecule has 4 fully saturated rings. The van der Waals surface area contributed by atoms with E-state index in [1.54, 1.807) is 11.8 Å². The number of Topliss-reactive ketones (excluding diaryl/α,β-unsaturated/α-hetero) is 1. The lowest BCUT2D eigenvalue weighted by Gasteiger charge is -2.62. The maximum atomic E-state index is 13.5. The molecule has 1 aromatic rings. The van der Waals surface area contributed by atoms with E-state index in [0.29, 0.717) is 36.0 Å². The summed E-state index contributed by atoms with van der Waals surface area (Å²) < 4.78 is 7.72. The lowest BCUT2D eigenvalue weighted by atomic mass is 9.43. The van der Waals surface area contributed by atoms with E-state index in [9.17, 15) is 9.90 Å². The Labute approximate surface area is 203 Å². The summed E-state index contributed by atoms with van der Waals surface area (Å²) in [6.45, 7) is 5.70. The molecular weight excluding hydrogens is 432 g/mol. The molecule has 0 spiro atoms. The van der Waals surface area contributed by atoms with Gasteiger partial charge in [-0.15, -0.1) is 11.8 Å². The van der Waals surface area contributed by atoms with Gasteiger partial charge in [0.15, 0.2) is 5.78 Å². The SMILES string of the molecule is COC[C@]12CC[C@@](C)(O)C[C@@H]1CC[C@H]1[C@@H]3CC[C@H](C(=O)Cn4cc(SC)cn4)[C@@]3(C)CC[C@@H]12. The third-order valence-electron chi connectivity index (χ3n) is 10.6. The molecule has 6 heteroatoms. The quantitative estimate of drug-likeness (QED) is 0.573. The third kappa shape index (κ3) is 3.92. The third-order valence-corrected chi connectivity index (χ3v) is 11.3. The molecule has 0 saturated heterocycles. The maximum Gasteiger partial charge on any atom is 0.157 e. The van der Waals surface area contributed by atoms with Crippen LogP contribution in [-0.2, 0) is 16.1 Å². The highest BCUT2D eigenvalue weighted by atomic mass is 32.2. The first-order valence-electron chi connectivity index (χ1n) is 13.0. The number of rotatable bonds is 6. The summed E-state index contributed by atoms with van der Waals surface area (Å²) in [5, 5.41) is 15.2. The Morgan fingerprint density at radius 1 is 1.18 bits per heavy atom. The van der Waals surface area contributed by atoms with Crippen molar-refractivity contribution in [3.8, 4) is 0 Å². The second kappa shape index (κ2) is 8.67. The predicted molar refractivity (Wildman–Crippen MR) is 131 cm³/mol. The van der Waals surface area contributed by atoms with Crippen LogP contribution in [0.5, 0.6) is 0 Å². The van der Waals surface area contributed by atoms with E-state index in [4.69, 9.17) is 4.74 Å². The van der Waals surface area contributed by atoms with E-state index in [1.807, 2.05) is 37.4 Å². The Bertz CT molecular complexity index is 884. The zero-order chi connectivity index (χ0) is 23.4. The first kappa shape index (κ1) is 23.9. The molecule has 184 valence electrons. The average molecular weight is 475 g/mol. The number of carbonyl (C=O) groups excluding carboxylic acids is 1. The van der Waals surface area contributed by atoms with Gasteiger partial charge in [0.2, 0.25) is 0 Å². The summed E-state index contributed by atoms with van der Waals surface area (Å²) in [4.78, 5) is 14.6. The number of ether oxygens (including phenoxy) is 1. The molecular formula is C27H42N2O3S. The number of carbonyl (C=O) groups is 1. The molecule has 5 rings (SSSR count). The Kier molecular flexibility index (Phi) is 6.27. The summed E-state index contributed by atoms with van der Waals surface area (Å²) in [5.41, 5.74) is -0.187. The smallest absolute Gasteiger partial charge is 0.157 e. The van der Waals surface area contributed by atoms with Crippen molar-refractivity contribution >= 4 is 17.5 Å². The van der Waals surface area contributed by atoms with Crippen LogP contribution in [0.15, 0.2) is 17.3 Å². The molecule has 0 amide bonds. The van der Waals surface area contributed by atoms with Gasteiger partial charge < -0.3 is 9.84 Å². The van der Waals surface area contributed by atoms with E-state index in [1.165, 1.54) is 25.7 Å². The van der Waals surface area contributed by atoms with Crippen LogP contribution >= 0.6 is 11.8 Å². The van der Waals surface area contributed by atoms with Crippen LogP contribution in [0.25, 0.3) is 0 Å². The molecule has 1 aromatic heterocycles. The topological polar surface area (TPSA) is 64.3 Å². The fourth-order valence-corrected chi connectivity index (χ4v) is 9.50. The minimum atomic E-state index is -0.522. The molecule has 1 N–H and O–H groups in total. The molecule has 4 saturated carbocycles. The number of fused-ring (bicyclic) bond motifs is 5. The first-order chi connectivity index (χ1) is 15.7. The predicted octanol–water partition coefficient (Wildman–Crippen LogP) is 5.21. The average Bonchev–Trinajstić information content (AvgIpc) is 3.37. The molecule has 8 atom stereocenters. The Morgan fingerprint density at radius 2 is 2.00 bits per heavy atom. The van der Waals surface area contributed by atoms with Gasteiger partial charge in [0, 0.05) is 24.1 Å². The van der Waals surface area contributed by atoms with E-state index in [2.05, 4.69) is 12.0 Å². The number of aromatic nitrogens is 2. The molecule has 5 nitrogen and oxygen atoms in total. The number of nitrogens with zero attached hydrogens (tertiary/aromatic N) is 2. The zero-order valence-corrected chi connectivity index (χ0v) is 21.7. The number of aliphatic hydroxyl groups is 1. The van der Waals surface area contributed by atoms with Crippen LogP contribution in [0.3, 0.4) is 0 Å². The van der Waals surface area contributed by atoms with Crippen molar-refractivity contribution in [1.82, 2.24) is 9.78 Å². The monoisotopic (exact) mass is 474 g/mol. The lowest BCUT2D eigenvalue weighted by molar-refractivity contribution is -0.175. The van der Waals surface area contributed by atoms with Crippen LogP contribution < -0.4 is 0 Å². The van der Waals surface area contributed by atoms with Gasteiger partial charge in [0.1, 0.15) is 0 Å². The van der Waals surface area contributed by atoms with Crippen LogP contribution in [-0.4, -0.2) is 46.2 Å². The van der Waals surface area contributed by atoms with E-state index < -0.39 is 5.60 Å². The highest BCUT2D eigenvalue weighted by Crippen LogP contribution is 2.68. The van der Waals surface area contributed by atoms with E-state index in [0.717, 1.165) is 43.6 Å². The number of hydrogen-bond acceptors (Lipinski definition) is 5. The van der Waals surface area contributed by atoms with Gasteiger partial charge in [-0.3, -0.25) is 9.48 Å². The standard InChI is InChI=1S/C27H42N2O3S/c1-25(31)11-12-27(17-32-3)18(13-25)5-6-20-21-7-8-23(26(21,2)10-9-22(20)27)24(30)16-29-15-19(33-4)14-28-29/h14-15,18,20-23,31H,5-13,16-17H2,1-4H3/t18-,20-,21-,22-,23+,25+,26-,27+/m0/s1. The van der Waals surface area contributed by atoms with Gasteiger partial charge in [0.25, 0.3) is 0 Å². The van der Waals surface area contributed by atoms with Crippen LogP contribution in [0.1, 0.15) is 71.6 Å². The maximum absolute atomic E-state index is 13.5. The first-order valence-corrected chi connectivity index (χ1v) is 14.3. The number of hydrogen-bond donors (Lipinski definition) is 1. The van der Waals surface area contributed by atoms with E-state index >= 15 is 0 Å². The second-order valence-corrected chi connectivity index (χ2v) is 13.1. The molecule has 0 bridgehead atoms. The van der Waals surface area contributed by atoms with Crippen LogP contribution in [0.2, 0.25) is 0 Å². The molecule has 0 unspecified atom stereocenters. The molecule has 4 aliphatic carbocycles. The van der Waals surface area contributed by atoms with Gasteiger partial charge in [0.05, 0.1) is 24.9 Å². The largest absolute Gasteiger partial charge is 0.390 e. The zero-order valence-electron chi connectivity index (χ0n) is 20.9. The molecule has 0 aliphatic heterocycles. The summed E-state index contributed by atoms with van der Waals surface area (Å²) >= 11 is 1.67. The highest BCUT2D eigenvalue weighted by molar-refractivity contribution is 7.98. The van der Waals surface area contributed by atoms with E-state index in [-0.39, 0.29) is 16.7 Å². The molecule has 33 heavy (non-hydrogen) atoms. The Hall–Kier alpha value is -0.850. The fraction of sp³-hybridized carbons (Fsp3) is 0.852. The normalized spacial score (nSPS) is 44.7. The Morgan fingerprint density at radius 3 is 2.73 bits per heavy atom. The summed E-state index contributed by atoms with van der Waals surface area (Å²) in [7, 11) is 1.86. The van der Waals surface area contributed by atoms with Crippen molar-refractivity contribution in [3.63, 3.8) is 0 Å². The summed E-state index contributed by atoms with van der Waals surface area (Å²) in [6.07, 6.45) is 15.9. The molecule has 1 heterocycles. The van der Waals surface area contributed by atoms with Crippen molar-refractivity contribution in [2.24, 2.45) is 40.4 Å². The molecule has 0 radical (unpaired) electrons. The van der Waals surface area contributed by atoms with Gasteiger partial charge in [-0.25, -0.2) is 0 Å². The van der Waals surface area contributed by atoms with Gasteiger partial charge in [-0.1, -0.05) is 6.92 Å². The highest BCUT2D eigenvalue weighted by Gasteiger charge is 2.63.